The van der Waals surface area contributed by atoms with Gasteiger partial charge in [0.05, 0.1) is 11.4 Å². The van der Waals surface area contributed by atoms with E-state index >= 15 is 0 Å². The summed E-state index contributed by atoms with van der Waals surface area (Å²) < 4.78 is 38.2. The van der Waals surface area contributed by atoms with Crippen LogP contribution < -0.4 is 4.72 Å². The molecule has 0 saturated carbocycles. The maximum atomic E-state index is 13.3. The van der Waals surface area contributed by atoms with E-state index in [1.54, 1.807) is 19.9 Å². The Morgan fingerprint density at radius 2 is 2.07 bits per heavy atom. The van der Waals surface area contributed by atoms with Gasteiger partial charge in [0.15, 0.2) is 0 Å². The van der Waals surface area contributed by atoms with Crippen LogP contribution in [0.1, 0.15) is 18.9 Å². The third kappa shape index (κ3) is 3.51. The van der Waals surface area contributed by atoms with Gasteiger partial charge in [-0.05, 0) is 31.0 Å². The summed E-state index contributed by atoms with van der Waals surface area (Å²) in [6, 6.07) is 4.38. The first-order valence-electron chi connectivity index (χ1n) is 4.71. The molecule has 5 heteroatoms. The summed E-state index contributed by atoms with van der Waals surface area (Å²) >= 11 is 0. The third-order valence-electron chi connectivity index (χ3n) is 1.86. The molecule has 0 aliphatic carbocycles. The summed E-state index contributed by atoms with van der Waals surface area (Å²) in [5, 5.41) is 0. The summed E-state index contributed by atoms with van der Waals surface area (Å²) in [7, 11) is -3.41. The molecule has 0 spiro atoms. The number of halogens is 1. The second-order valence-electron chi connectivity index (χ2n) is 3.40. The number of hydrogen-bond donors (Lipinski definition) is 1. The van der Waals surface area contributed by atoms with E-state index < -0.39 is 15.8 Å². The van der Waals surface area contributed by atoms with E-state index in [1.165, 1.54) is 12.1 Å². The molecule has 15 heavy (non-hydrogen) atoms. The minimum atomic E-state index is -3.41. The van der Waals surface area contributed by atoms with Crippen LogP contribution >= 0.6 is 0 Å². The summed E-state index contributed by atoms with van der Waals surface area (Å²) in [5.74, 6) is -0.546. The van der Waals surface area contributed by atoms with Crippen LogP contribution in [0.25, 0.3) is 0 Å². The molecule has 1 aromatic carbocycles. The van der Waals surface area contributed by atoms with Crippen LogP contribution in [0.15, 0.2) is 18.2 Å². The van der Waals surface area contributed by atoms with Gasteiger partial charge in [-0.15, -0.1) is 0 Å². The van der Waals surface area contributed by atoms with Crippen molar-refractivity contribution in [1.29, 1.82) is 0 Å². The van der Waals surface area contributed by atoms with Crippen LogP contribution in [-0.2, 0) is 10.0 Å². The molecule has 84 valence electrons. The minimum absolute atomic E-state index is 0.000314. The van der Waals surface area contributed by atoms with Gasteiger partial charge in [0.2, 0.25) is 10.0 Å². The van der Waals surface area contributed by atoms with Crippen LogP contribution in [0.4, 0.5) is 10.1 Å². The van der Waals surface area contributed by atoms with Crippen LogP contribution in [0.2, 0.25) is 0 Å². The Balaban J connectivity index is 2.90. The first kappa shape index (κ1) is 12.0. The van der Waals surface area contributed by atoms with Crippen molar-refractivity contribution in [3.63, 3.8) is 0 Å². The molecule has 0 heterocycles. The third-order valence-corrected chi connectivity index (χ3v) is 3.34. The van der Waals surface area contributed by atoms with E-state index in [1.807, 2.05) is 0 Å². The quantitative estimate of drug-likeness (QED) is 0.864. The Hall–Kier alpha value is -1.10. The lowest BCUT2D eigenvalue weighted by Crippen LogP contribution is -2.16. The van der Waals surface area contributed by atoms with Crippen LogP contribution in [0, 0.1) is 12.7 Å². The average Bonchev–Trinajstić information content (AvgIpc) is 2.09. The molecule has 1 N–H and O–H groups in total. The Bertz CT molecular complexity index is 443. The topological polar surface area (TPSA) is 46.2 Å². The number of sulfonamides is 1. The smallest absolute Gasteiger partial charge is 0.232 e. The zero-order valence-corrected chi connectivity index (χ0v) is 9.57. The molecule has 0 aromatic heterocycles. The number of rotatable bonds is 4. The summed E-state index contributed by atoms with van der Waals surface area (Å²) in [6.45, 7) is 3.50. The van der Waals surface area contributed by atoms with Crippen molar-refractivity contribution in [2.24, 2.45) is 0 Å². The zero-order chi connectivity index (χ0) is 11.5. The SMILES string of the molecule is CCCS(=O)(=O)Nc1ccc(C)cc1F. The molecule has 1 rings (SSSR count). The fraction of sp³-hybridized carbons (Fsp3) is 0.400. The summed E-state index contributed by atoms with van der Waals surface area (Å²) in [5.41, 5.74) is 0.764. The monoisotopic (exact) mass is 231 g/mol. The molecule has 0 aliphatic rings. The van der Waals surface area contributed by atoms with Crippen LogP contribution in [-0.4, -0.2) is 14.2 Å². The molecule has 1 aromatic rings. The average molecular weight is 231 g/mol. The predicted octanol–water partition coefficient (Wildman–Crippen LogP) is 2.29. The molecule has 0 atom stereocenters. The number of nitrogens with one attached hydrogen (secondary N) is 1. The standard InChI is InChI=1S/C10H14FNO2S/c1-3-6-15(13,14)12-10-5-4-8(2)7-9(10)11/h4-5,7,12H,3,6H2,1-2H3. The van der Waals surface area contributed by atoms with E-state index in [-0.39, 0.29) is 11.4 Å². The van der Waals surface area contributed by atoms with E-state index in [0.717, 1.165) is 5.56 Å². The van der Waals surface area contributed by atoms with Gasteiger partial charge in [0.25, 0.3) is 0 Å². The van der Waals surface area contributed by atoms with E-state index in [0.29, 0.717) is 6.42 Å². The van der Waals surface area contributed by atoms with Gasteiger partial charge in [-0.3, -0.25) is 4.72 Å². The summed E-state index contributed by atoms with van der Waals surface area (Å²) in [6.07, 6.45) is 0.503. The molecule has 0 radical (unpaired) electrons. The highest BCUT2D eigenvalue weighted by molar-refractivity contribution is 7.92. The minimum Gasteiger partial charge on any atom is -0.281 e. The number of hydrogen-bond acceptors (Lipinski definition) is 2. The predicted molar refractivity (Wildman–Crippen MR) is 58.8 cm³/mol. The Morgan fingerprint density at radius 3 is 2.60 bits per heavy atom. The zero-order valence-electron chi connectivity index (χ0n) is 8.75. The Kier molecular flexibility index (Phi) is 3.68. The highest BCUT2D eigenvalue weighted by Gasteiger charge is 2.11. The second kappa shape index (κ2) is 4.61. The lowest BCUT2D eigenvalue weighted by atomic mass is 10.2. The highest BCUT2D eigenvalue weighted by atomic mass is 32.2. The highest BCUT2D eigenvalue weighted by Crippen LogP contribution is 2.16. The lowest BCUT2D eigenvalue weighted by molar-refractivity contribution is 0.597. The van der Waals surface area contributed by atoms with Crippen molar-refractivity contribution < 1.29 is 12.8 Å². The Morgan fingerprint density at radius 1 is 1.40 bits per heavy atom. The van der Waals surface area contributed by atoms with Gasteiger partial charge in [-0.25, -0.2) is 12.8 Å². The maximum absolute atomic E-state index is 13.3. The van der Waals surface area contributed by atoms with Gasteiger partial charge < -0.3 is 0 Å². The first-order valence-corrected chi connectivity index (χ1v) is 6.36. The van der Waals surface area contributed by atoms with Gasteiger partial charge in [-0.1, -0.05) is 13.0 Å². The summed E-state index contributed by atoms with van der Waals surface area (Å²) in [4.78, 5) is 0. The molecule has 0 aliphatic heterocycles. The van der Waals surface area contributed by atoms with Crippen molar-refractivity contribution in [3.8, 4) is 0 Å². The number of aryl methyl sites for hydroxylation is 1. The van der Waals surface area contributed by atoms with Crippen LogP contribution in [0.3, 0.4) is 0 Å². The number of anilines is 1. The molecule has 3 nitrogen and oxygen atoms in total. The van der Waals surface area contributed by atoms with E-state index in [9.17, 15) is 12.8 Å². The van der Waals surface area contributed by atoms with Gasteiger partial charge in [-0.2, -0.15) is 0 Å². The fourth-order valence-electron chi connectivity index (χ4n) is 1.19. The molecular weight excluding hydrogens is 217 g/mol. The van der Waals surface area contributed by atoms with Crippen molar-refractivity contribution in [3.05, 3.63) is 29.6 Å². The Labute approximate surface area is 89.4 Å². The normalized spacial score (nSPS) is 11.4. The van der Waals surface area contributed by atoms with Crippen molar-refractivity contribution >= 4 is 15.7 Å². The number of benzene rings is 1. The molecule has 0 bridgehead atoms. The molecular formula is C10H14FNO2S. The molecule has 0 unspecified atom stereocenters. The largest absolute Gasteiger partial charge is 0.281 e. The fourth-order valence-corrected chi connectivity index (χ4v) is 2.33. The molecule has 0 fully saturated rings. The van der Waals surface area contributed by atoms with Gasteiger partial charge in [0, 0.05) is 0 Å². The van der Waals surface area contributed by atoms with Crippen molar-refractivity contribution in [1.82, 2.24) is 0 Å². The first-order chi connectivity index (χ1) is 6.94. The van der Waals surface area contributed by atoms with Gasteiger partial charge >= 0.3 is 0 Å². The lowest BCUT2D eigenvalue weighted by Gasteiger charge is -2.08. The second-order valence-corrected chi connectivity index (χ2v) is 5.25. The van der Waals surface area contributed by atoms with E-state index in [2.05, 4.69) is 4.72 Å². The van der Waals surface area contributed by atoms with Crippen molar-refractivity contribution in [2.45, 2.75) is 20.3 Å². The van der Waals surface area contributed by atoms with Crippen LogP contribution in [0.5, 0.6) is 0 Å². The van der Waals surface area contributed by atoms with Crippen molar-refractivity contribution in [2.75, 3.05) is 10.5 Å². The maximum Gasteiger partial charge on any atom is 0.232 e. The molecule has 0 saturated heterocycles. The molecule has 0 amide bonds. The van der Waals surface area contributed by atoms with Gasteiger partial charge in [0.1, 0.15) is 5.82 Å². The van der Waals surface area contributed by atoms with E-state index in [4.69, 9.17) is 0 Å².